The highest BCUT2D eigenvalue weighted by atomic mass is 19.4. The molecule has 1 atom stereocenters. The molecule has 1 aromatic rings. The van der Waals surface area contributed by atoms with Crippen LogP contribution < -0.4 is 10.1 Å². The van der Waals surface area contributed by atoms with Gasteiger partial charge in [0, 0.05) is 6.04 Å². The second-order valence-corrected chi connectivity index (χ2v) is 5.24. The molecule has 0 bridgehead atoms. The average molecular weight is 304 g/mol. The Bertz CT molecular complexity index is 404. The van der Waals surface area contributed by atoms with E-state index in [1.54, 1.807) is 12.1 Å². The molecule has 0 amide bonds. The summed E-state index contributed by atoms with van der Waals surface area (Å²) in [6, 6.07) is 6.39. The zero-order chi connectivity index (χ0) is 15.9. The van der Waals surface area contributed by atoms with Crippen molar-refractivity contribution >= 4 is 0 Å². The van der Waals surface area contributed by atoms with E-state index in [1.807, 2.05) is 21.0 Å². The van der Waals surface area contributed by atoms with Crippen molar-refractivity contribution in [2.45, 2.75) is 32.2 Å². The fraction of sp³-hybridized carbons (Fsp3) is 0.600. The third kappa shape index (κ3) is 7.92. The maximum Gasteiger partial charge on any atom is 0.573 e. The van der Waals surface area contributed by atoms with Gasteiger partial charge < -0.3 is 15.0 Å². The van der Waals surface area contributed by atoms with Crippen molar-refractivity contribution in [2.75, 3.05) is 27.2 Å². The number of hydrogen-bond donors (Lipinski definition) is 1. The van der Waals surface area contributed by atoms with Crippen LogP contribution in [0.1, 0.15) is 18.9 Å². The molecule has 0 aliphatic carbocycles. The molecule has 1 N–H and O–H groups in total. The second-order valence-electron chi connectivity index (χ2n) is 5.24. The molecule has 21 heavy (non-hydrogen) atoms. The van der Waals surface area contributed by atoms with Gasteiger partial charge in [0.05, 0.1) is 0 Å². The number of nitrogens with one attached hydrogen (secondary N) is 1. The third-order valence-corrected chi connectivity index (χ3v) is 3.06. The summed E-state index contributed by atoms with van der Waals surface area (Å²) < 4.78 is 40.1. The number of nitrogens with zero attached hydrogens (tertiary/aromatic N) is 1. The Balaban J connectivity index is 2.58. The van der Waals surface area contributed by atoms with Crippen LogP contribution in [0.5, 0.6) is 5.75 Å². The molecule has 0 radical (unpaired) electrons. The van der Waals surface area contributed by atoms with Gasteiger partial charge in [-0.15, -0.1) is 13.2 Å². The number of hydrogen-bond acceptors (Lipinski definition) is 3. The van der Waals surface area contributed by atoms with Crippen molar-refractivity contribution in [3.63, 3.8) is 0 Å². The van der Waals surface area contributed by atoms with E-state index in [0.29, 0.717) is 6.04 Å². The van der Waals surface area contributed by atoms with Gasteiger partial charge in [0.2, 0.25) is 0 Å². The number of halogens is 3. The predicted molar refractivity (Wildman–Crippen MR) is 77.5 cm³/mol. The van der Waals surface area contributed by atoms with Gasteiger partial charge in [-0.2, -0.15) is 0 Å². The minimum Gasteiger partial charge on any atom is -0.406 e. The zero-order valence-electron chi connectivity index (χ0n) is 12.7. The van der Waals surface area contributed by atoms with Crippen LogP contribution in [0.4, 0.5) is 13.2 Å². The Morgan fingerprint density at radius 2 is 1.81 bits per heavy atom. The summed E-state index contributed by atoms with van der Waals surface area (Å²) in [5, 5.41) is 3.40. The van der Waals surface area contributed by atoms with Gasteiger partial charge in [0.15, 0.2) is 0 Å². The summed E-state index contributed by atoms with van der Waals surface area (Å²) in [4.78, 5) is 2.12. The molecule has 0 aromatic heterocycles. The lowest BCUT2D eigenvalue weighted by atomic mass is 10.0. The van der Waals surface area contributed by atoms with Crippen molar-refractivity contribution in [1.29, 1.82) is 0 Å². The number of likely N-dealkylation sites (N-methyl/N-ethyl adjacent to an activating group) is 1. The monoisotopic (exact) mass is 304 g/mol. The first-order valence-electron chi connectivity index (χ1n) is 7.03. The molecule has 0 saturated carbocycles. The molecule has 1 unspecified atom stereocenters. The van der Waals surface area contributed by atoms with Gasteiger partial charge in [-0.05, 0) is 57.7 Å². The fourth-order valence-electron chi connectivity index (χ4n) is 2.09. The highest BCUT2D eigenvalue weighted by Gasteiger charge is 2.30. The molecule has 3 nitrogen and oxygen atoms in total. The number of alkyl halides is 3. The minimum absolute atomic E-state index is 0.181. The Labute approximate surface area is 124 Å². The van der Waals surface area contributed by atoms with Crippen LogP contribution in [-0.4, -0.2) is 44.5 Å². The average Bonchev–Trinajstić information content (AvgIpc) is 2.37. The number of ether oxygens (including phenoxy) is 1. The smallest absolute Gasteiger partial charge is 0.406 e. The highest BCUT2D eigenvalue weighted by molar-refractivity contribution is 5.28. The molecule has 0 fully saturated rings. The van der Waals surface area contributed by atoms with Gasteiger partial charge >= 0.3 is 6.36 Å². The lowest BCUT2D eigenvalue weighted by Crippen LogP contribution is -2.34. The standard InChI is InChI=1S/C15H23F3N2O/c1-4-19-13(9-10-20(2)3)11-12-5-7-14(8-6-12)21-15(16,17)18/h5-8,13,19H,4,9-11H2,1-3H3. The Hall–Kier alpha value is -1.27. The van der Waals surface area contributed by atoms with Crippen molar-refractivity contribution < 1.29 is 17.9 Å². The van der Waals surface area contributed by atoms with Gasteiger partial charge in [0.1, 0.15) is 5.75 Å². The normalized spacial score (nSPS) is 13.5. The molecule has 0 saturated heterocycles. The van der Waals surface area contributed by atoms with Gasteiger partial charge in [-0.1, -0.05) is 19.1 Å². The molecule has 0 spiro atoms. The maximum absolute atomic E-state index is 12.1. The van der Waals surface area contributed by atoms with Gasteiger partial charge in [-0.25, -0.2) is 0 Å². The van der Waals surface area contributed by atoms with Gasteiger partial charge in [-0.3, -0.25) is 0 Å². The molecule has 0 aliphatic rings. The molecular weight excluding hydrogens is 281 g/mol. The Morgan fingerprint density at radius 1 is 1.19 bits per heavy atom. The summed E-state index contributed by atoms with van der Waals surface area (Å²) in [6.45, 7) is 3.88. The highest BCUT2D eigenvalue weighted by Crippen LogP contribution is 2.23. The fourth-order valence-corrected chi connectivity index (χ4v) is 2.09. The molecule has 0 aliphatic heterocycles. The van der Waals surface area contributed by atoms with E-state index in [1.165, 1.54) is 12.1 Å². The van der Waals surface area contributed by atoms with Crippen molar-refractivity contribution in [3.8, 4) is 5.75 Å². The summed E-state index contributed by atoms with van der Waals surface area (Å²) in [6.07, 6.45) is -2.87. The van der Waals surface area contributed by atoms with Crippen LogP contribution in [0.15, 0.2) is 24.3 Å². The minimum atomic E-state index is -4.64. The summed E-state index contributed by atoms with van der Waals surface area (Å²) in [7, 11) is 4.04. The van der Waals surface area contributed by atoms with Crippen molar-refractivity contribution in [3.05, 3.63) is 29.8 Å². The summed E-state index contributed by atoms with van der Waals surface area (Å²) >= 11 is 0. The van der Waals surface area contributed by atoms with E-state index >= 15 is 0 Å². The zero-order valence-corrected chi connectivity index (χ0v) is 12.7. The first-order valence-corrected chi connectivity index (χ1v) is 7.03. The Morgan fingerprint density at radius 3 is 2.29 bits per heavy atom. The SMILES string of the molecule is CCNC(CCN(C)C)Cc1ccc(OC(F)(F)F)cc1. The van der Waals surface area contributed by atoms with Crippen LogP contribution in [0.25, 0.3) is 0 Å². The van der Waals surface area contributed by atoms with Crippen molar-refractivity contribution in [1.82, 2.24) is 10.2 Å². The van der Waals surface area contributed by atoms with E-state index in [-0.39, 0.29) is 5.75 Å². The largest absolute Gasteiger partial charge is 0.573 e. The quantitative estimate of drug-likeness (QED) is 0.799. The van der Waals surface area contributed by atoms with E-state index in [2.05, 4.69) is 15.0 Å². The van der Waals surface area contributed by atoms with E-state index in [0.717, 1.165) is 31.5 Å². The molecule has 6 heteroatoms. The predicted octanol–water partition coefficient (Wildman–Crippen LogP) is 3.06. The van der Waals surface area contributed by atoms with Crippen LogP contribution in [0.2, 0.25) is 0 Å². The van der Waals surface area contributed by atoms with Crippen LogP contribution in [0.3, 0.4) is 0 Å². The first kappa shape index (κ1) is 17.8. The van der Waals surface area contributed by atoms with E-state index in [4.69, 9.17) is 0 Å². The molecule has 1 aromatic carbocycles. The Kier molecular flexibility index (Phi) is 6.98. The molecule has 120 valence electrons. The van der Waals surface area contributed by atoms with E-state index in [9.17, 15) is 13.2 Å². The summed E-state index contributed by atoms with van der Waals surface area (Å²) in [5.41, 5.74) is 0.995. The van der Waals surface area contributed by atoms with Gasteiger partial charge in [0.25, 0.3) is 0 Å². The van der Waals surface area contributed by atoms with Crippen molar-refractivity contribution in [2.24, 2.45) is 0 Å². The number of rotatable bonds is 8. The maximum atomic E-state index is 12.1. The molecule has 0 heterocycles. The molecule has 1 rings (SSSR count). The molecular formula is C15H23F3N2O. The van der Waals surface area contributed by atoms with Crippen LogP contribution in [0, 0.1) is 0 Å². The van der Waals surface area contributed by atoms with Crippen LogP contribution in [-0.2, 0) is 6.42 Å². The first-order chi connectivity index (χ1) is 9.80. The summed E-state index contributed by atoms with van der Waals surface area (Å²) in [5.74, 6) is -0.181. The van der Waals surface area contributed by atoms with E-state index < -0.39 is 6.36 Å². The second kappa shape index (κ2) is 8.24. The number of benzene rings is 1. The van der Waals surface area contributed by atoms with Crippen LogP contribution >= 0.6 is 0 Å². The lowest BCUT2D eigenvalue weighted by Gasteiger charge is -2.20. The third-order valence-electron chi connectivity index (χ3n) is 3.06. The lowest BCUT2D eigenvalue weighted by molar-refractivity contribution is -0.274. The topological polar surface area (TPSA) is 24.5 Å².